The number of rotatable bonds is 9. The highest BCUT2D eigenvalue weighted by molar-refractivity contribution is 7.17. The Morgan fingerprint density at radius 1 is 0.966 bits per heavy atom. The summed E-state index contributed by atoms with van der Waals surface area (Å²) in [6.45, 7) is 6.44. The largest absolute Gasteiger partial charge is 0.407 e. The average Bonchev–Trinajstić information content (AvgIpc) is 3.22. The third kappa shape index (κ3) is 4.36. The van der Waals surface area contributed by atoms with Gasteiger partial charge in [0.05, 0.1) is 12.5 Å². The fraction of sp³-hybridized carbons (Fsp3) is 0.455. The van der Waals surface area contributed by atoms with E-state index in [1.54, 1.807) is 0 Å². The third-order valence-electron chi connectivity index (χ3n) is 5.83. The van der Waals surface area contributed by atoms with Crippen molar-refractivity contribution in [2.75, 3.05) is 13.2 Å². The molecule has 7 heteroatoms. The summed E-state index contributed by atoms with van der Waals surface area (Å²) in [6.07, 6.45) is 0.178. The fourth-order valence-corrected chi connectivity index (χ4v) is 9.04. The van der Waals surface area contributed by atoms with Crippen LogP contribution < -0.4 is 10.4 Å². The predicted octanol–water partition coefficient (Wildman–Crippen LogP) is 5.06. The Bertz CT molecular complexity index is 772. The molecule has 0 heterocycles. The van der Waals surface area contributed by atoms with E-state index in [0.717, 1.165) is 10.4 Å². The van der Waals surface area contributed by atoms with Crippen molar-refractivity contribution in [1.82, 2.24) is 0 Å². The van der Waals surface area contributed by atoms with Crippen molar-refractivity contribution in [2.24, 2.45) is 11.8 Å². The molecule has 0 amide bonds. The van der Waals surface area contributed by atoms with E-state index in [1.165, 1.54) is 0 Å². The summed E-state index contributed by atoms with van der Waals surface area (Å²) in [6, 6.07) is 20.0. The smallest absolute Gasteiger partial charge is 0.327 e. The van der Waals surface area contributed by atoms with Crippen LogP contribution >= 0.6 is 8.69 Å². The van der Waals surface area contributed by atoms with Gasteiger partial charge in [-0.25, -0.2) is 13.3 Å². The Morgan fingerprint density at radius 2 is 1.48 bits per heavy atom. The Kier molecular flexibility index (Phi) is 6.69. The molecule has 0 saturated heterocycles. The van der Waals surface area contributed by atoms with Crippen molar-refractivity contribution in [3.8, 4) is 0 Å². The number of hydrogen-bond acceptors (Lipinski definition) is 3. The van der Waals surface area contributed by atoms with Crippen LogP contribution in [0.4, 0.5) is 8.78 Å². The normalized spacial score (nSPS) is 21.3. The Labute approximate surface area is 173 Å². The molecule has 1 fully saturated rings. The van der Waals surface area contributed by atoms with Gasteiger partial charge in [0.1, 0.15) is 0 Å². The van der Waals surface area contributed by atoms with Gasteiger partial charge >= 0.3 is 8.69 Å². The molecule has 3 nitrogen and oxygen atoms in total. The minimum absolute atomic E-state index is 0.0000365. The van der Waals surface area contributed by atoms with Gasteiger partial charge in [0, 0.05) is 12.5 Å². The van der Waals surface area contributed by atoms with Gasteiger partial charge in [-0.15, -0.1) is 0 Å². The van der Waals surface area contributed by atoms with E-state index in [9.17, 15) is 13.3 Å². The summed E-state index contributed by atoms with van der Waals surface area (Å²) < 4.78 is 50.5. The molecule has 1 saturated carbocycles. The SMILES string of the molecule is CC(C)(C)[Si](OCC1C(CCOP=O)C1(F)F)(c1ccccc1)c1ccccc1. The predicted molar refractivity (Wildman–Crippen MR) is 114 cm³/mol. The Balaban J connectivity index is 1.92. The van der Waals surface area contributed by atoms with E-state index in [1.807, 2.05) is 60.7 Å². The molecule has 0 radical (unpaired) electrons. The summed E-state index contributed by atoms with van der Waals surface area (Å²) >= 11 is 0. The highest BCUT2D eigenvalue weighted by Crippen LogP contribution is 2.57. The number of halogens is 2. The zero-order valence-corrected chi connectivity index (χ0v) is 18.9. The fourth-order valence-electron chi connectivity index (χ4n) is 4.27. The van der Waals surface area contributed by atoms with Gasteiger partial charge < -0.3 is 4.43 Å². The van der Waals surface area contributed by atoms with Crippen molar-refractivity contribution in [3.63, 3.8) is 0 Å². The molecule has 2 aromatic rings. The lowest BCUT2D eigenvalue weighted by Gasteiger charge is -2.43. The zero-order valence-electron chi connectivity index (χ0n) is 17.0. The summed E-state index contributed by atoms with van der Waals surface area (Å²) in [5.74, 6) is -4.40. The van der Waals surface area contributed by atoms with Gasteiger partial charge in [-0.2, -0.15) is 0 Å². The molecule has 0 aromatic heterocycles. The minimum atomic E-state index is -2.82. The van der Waals surface area contributed by atoms with Crippen molar-refractivity contribution < 1.29 is 22.3 Å². The summed E-state index contributed by atoms with van der Waals surface area (Å²) in [5, 5.41) is 1.90. The van der Waals surface area contributed by atoms with Crippen LogP contribution in [0.15, 0.2) is 60.7 Å². The standard InChI is InChI=1S/C22H27F2O3PSi/c1-21(2,3)29(17-10-6-4-7-11-17,18-12-8-5-9-13-18)27-16-20-19(22(20,23)24)14-15-26-28-25/h4-13,19-20H,14-16H2,1-3H3. The van der Waals surface area contributed by atoms with E-state index < -0.39 is 34.8 Å². The molecule has 0 aliphatic heterocycles. The van der Waals surface area contributed by atoms with Gasteiger partial charge in [0.15, 0.2) is 0 Å². The number of benzene rings is 2. The Morgan fingerprint density at radius 3 is 1.93 bits per heavy atom. The second-order valence-electron chi connectivity index (χ2n) is 8.56. The lowest BCUT2D eigenvalue weighted by atomic mass is 10.2. The van der Waals surface area contributed by atoms with E-state index in [-0.39, 0.29) is 24.7 Å². The van der Waals surface area contributed by atoms with E-state index in [4.69, 9.17) is 8.95 Å². The van der Waals surface area contributed by atoms with Crippen molar-refractivity contribution in [3.05, 3.63) is 60.7 Å². The average molecular weight is 437 g/mol. The molecule has 0 N–H and O–H groups in total. The summed E-state index contributed by atoms with van der Waals surface area (Å²) in [4.78, 5) is 0. The first-order valence-corrected chi connectivity index (χ1v) is 12.5. The van der Waals surface area contributed by atoms with Crippen LogP contribution in [0.2, 0.25) is 5.04 Å². The first-order valence-electron chi connectivity index (χ1n) is 9.82. The van der Waals surface area contributed by atoms with Crippen LogP contribution in [0.5, 0.6) is 0 Å². The lowest BCUT2D eigenvalue weighted by molar-refractivity contribution is 0.0710. The van der Waals surface area contributed by atoms with E-state index in [0.29, 0.717) is 0 Å². The molecule has 0 spiro atoms. The molecule has 1 aliphatic carbocycles. The van der Waals surface area contributed by atoms with Crippen LogP contribution in [0.1, 0.15) is 27.2 Å². The van der Waals surface area contributed by atoms with E-state index in [2.05, 4.69) is 20.8 Å². The molecule has 1 aliphatic rings. The molecule has 156 valence electrons. The maximum absolute atomic E-state index is 14.4. The number of alkyl halides is 2. The first kappa shape index (κ1) is 22.2. The highest BCUT2D eigenvalue weighted by Gasteiger charge is 2.68. The molecular formula is C22H27F2O3PSi. The second-order valence-corrected chi connectivity index (χ2v) is 13.3. The molecule has 2 aromatic carbocycles. The maximum atomic E-state index is 14.4. The van der Waals surface area contributed by atoms with Crippen LogP contribution in [0.3, 0.4) is 0 Å². The van der Waals surface area contributed by atoms with Gasteiger partial charge in [0.25, 0.3) is 14.2 Å². The van der Waals surface area contributed by atoms with Crippen LogP contribution in [0.25, 0.3) is 0 Å². The van der Waals surface area contributed by atoms with Gasteiger partial charge in [-0.1, -0.05) is 81.4 Å². The second kappa shape index (κ2) is 8.72. The highest BCUT2D eigenvalue weighted by atomic mass is 31.1. The zero-order chi connectivity index (χ0) is 21.1. The van der Waals surface area contributed by atoms with Crippen molar-refractivity contribution in [1.29, 1.82) is 0 Å². The molecule has 3 rings (SSSR count). The first-order chi connectivity index (χ1) is 13.7. The van der Waals surface area contributed by atoms with Crippen molar-refractivity contribution >= 4 is 27.4 Å². The Hall–Kier alpha value is -1.46. The summed E-state index contributed by atoms with van der Waals surface area (Å²) in [5.41, 5.74) is 0. The molecule has 2 atom stereocenters. The molecular weight excluding hydrogens is 409 g/mol. The van der Waals surface area contributed by atoms with Gasteiger partial charge in [-0.3, -0.25) is 4.52 Å². The van der Waals surface area contributed by atoms with Crippen LogP contribution in [0, 0.1) is 11.8 Å². The maximum Gasteiger partial charge on any atom is 0.327 e. The van der Waals surface area contributed by atoms with Crippen molar-refractivity contribution in [2.45, 2.75) is 38.2 Å². The van der Waals surface area contributed by atoms with E-state index >= 15 is 0 Å². The van der Waals surface area contributed by atoms with Gasteiger partial charge in [-0.05, 0) is 21.8 Å². The summed E-state index contributed by atoms with van der Waals surface area (Å²) in [7, 11) is -3.29. The minimum Gasteiger partial charge on any atom is -0.407 e. The van der Waals surface area contributed by atoms with Crippen LogP contribution in [-0.2, 0) is 13.5 Å². The third-order valence-corrected chi connectivity index (χ3v) is 11.1. The molecule has 0 bridgehead atoms. The topological polar surface area (TPSA) is 35.5 Å². The van der Waals surface area contributed by atoms with Crippen LogP contribution in [-0.4, -0.2) is 27.5 Å². The van der Waals surface area contributed by atoms with Gasteiger partial charge in [0.2, 0.25) is 0 Å². The molecule has 2 unspecified atom stereocenters. The number of hydrogen-bond donors (Lipinski definition) is 0. The quantitative estimate of drug-likeness (QED) is 0.313. The monoisotopic (exact) mass is 436 g/mol. The molecule has 29 heavy (non-hydrogen) atoms. The lowest BCUT2D eigenvalue weighted by Crippen LogP contribution is -2.66.